The number of hydrogen-bond acceptors (Lipinski definition) is 5. The van der Waals surface area contributed by atoms with E-state index in [0.717, 1.165) is 31.4 Å². The van der Waals surface area contributed by atoms with E-state index in [-0.39, 0.29) is 12.1 Å². The lowest BCUT2D eigenvalue weighted by Crippen LogP contribution is -2.40. The van der Waals surface area contributed by atoms with Gasteiger partial charge in [0.15, 0.2) is 11.5 Å². The van der Waals surface area contributed by atoms with Crippen molar-refractivity contribution < 1.29 is 18.8 Å². The van der Waals surface area contributed by atoms with Crippen LogP contribution in [0.4, 0.5) is 10.5 Å². The number of fused-ring (bicyclic) bond motifs is 1. The fourth-order valence-electron chi connectivity index (χ4n) is 3.35. The van der Waals surface area contributed by atoms with E-state index < -0.39 is 5.79 Å². The van der Waals surface area contributed by atoms with E-state index in [0.29, 0.717) is 17.1 Å². The molecule has 0 saturated heterocycles. The topological polar surface area (TPSA) is 85.6 Å². The molecule has 7 heteroatoms. The molecule has 2 aliphatic rings. The third kappa shape index (κ3) is 3.26. The molecule has 1 atom stereocenters. The Morgan fingerprint density at radius 3 is 2.72 bits per heavy atom. The van der Waals surface area contributed by atoms with Crippen molar-refractivity contribution in [1.29, 1.82) is 0 Å². The maximum absolute atomic E-state index is 12.2. The van der Waals surface area contributed by atoms with Gasteiger partial charge >= 0.3 is 6.03 Å². The number of nitrogens with zero attached hydrogens (tertiary/aromatic N) is 1. The van der Waals surface area contributed by atoms with Crippen LogP contribution in [0.25, 0.3) is 0 Å². The minimum Gasteiger partial charge on any atom is -0.448 e. The molecule has 1 saturated carbocycles. The number of anilines is 1. The molecule has 2 N–H and O–H groups in total. The normalized spacial score (nSPS) is 18.8. The van der Waals surface area contributed by atoms with Gasteiger partial charge in [-0.1, -0.05) is 11.6 Å². The lowest BCUT2D eigenvalue weighted by atomic mass is 9.94. The fraction of sp³-hybridized carbons (Fsp3) is 0.444. The highest BCUT2D eigenvalue weighted by atomic mass is 16.7. The third-order valence-electron chi connectivity index (χ3n) is 4.66. The first-order chi connectivity index (χ1) is 12.1. The molecule has 4 rings (SSSR count). The molecule has 0 unspecified atom stereocenters. The number of hydrogen-bond donors (Lipinski definition) is 2. The van der Waals surface area contributed by atoms with Gasteiger partial charge in [-0.15, -0.1) is 0 Å². The van der Waals surface area contributed by atoms with Crippen LogP contribution in [0.2, 0.25) is 0 Å². The van der Waals surface area contributed by atoms with Crippen LogP contribution in [-0.4, -0.2) is 17.0 Å². The van der Waals surface area contributed by atoms with E-state index in [1.807, 2.05) is 19.1 Å². The van der Waals surface area contributed by atoms with Crippen molar-refractivity contribution in [3.63, 3.8) is 0 Å². The minimum absolute atomic E-state index is 0.252. The number of benzene rings is 1. The van der Waals surface area contributed by atoms with E-state index in [1.54, 1.807) is 12.1 Å². The number of nitrogens with one attached hydrogen (secondary N) is 2. The predicted molar refractivity (Wildman–Crippen MR) is 90.6 cm³/mol. The van der Waals surface area contributed by atoms with Crippen molar-refractivity contribution in [2.75, 3.05) is 5.32 Å². The number of ether oxygens (including phenoxy) is 2. The fourth-order valence-corrected chi connectivity index (χ4v) is 3.35. The van der Waals surface area contributed by atoms with Crippen LogP contribution < -0.4 is 20.1 Å². The summed E-state index contributed by atoms with van der Waals surface area (Å²) in [5.74, 6) is 0.913. The summed E-state index contributed by atoms with van der Waals surface area (Å²) in [5, 5.41) is 9.44. The first-order valence-electron chi connectivity index (χ1n) is 8.63. The average Bonchev–Trinajstić information content (AvgIpc) is 3.22. The van der Waals surface area contributed by atoms with Crippen molar-refractivity contribution in [3.05, 3.63) is 36.2 Å². The average molecular weight is 343 g/mol. The van der Waals surface area contributed by atoms with Crippen LogP contribution in [0.15, 0.2) is 35.1 Å². The maximum atomic E-state index is 12.2. The lowest BCUT2D eigenvalue weighted by Gasteiger charge is -2.31. The molecule has 1 aliphatic heterocycles. The Hall–Kier alpha value is -2.70. The molecule has 1 aliphatic carbocycles. The van der Waals surface area contributed by atoms with Gasteiger partial charge in [0.2, 0.25) is 0 Å². The first-order valence-corrected chi connectivity index (χ1v) is 8.63. The number of amides is 2. The Kier molecular flexibility index (Phi) is 3.99. The van der Waals surface area contributed by atoms with Crippen LogP contribution in [0.5, 0.6) is 11.5 Å². The van der Waals surface area contributed by atoms with Gasteiger partial charge in [0.25, 0.3) is 5.79 Å². The van der Waals surface area contributed by atoms with Crippen LogP contribution in [0.3, 0.4) is 0 Å². The summed E-state index contributed by atoms with van der Waals surface area (Å²) in [6.45, 7) is 1.84. The highest BCUT2D eigenvalue weighted by Crippen LogP contribution is 2.46. The predicted octanol–water partition coefficient (Wildman–Crippen LogP) is 3.99. The molecule has 1 aromatic heterocycles. The van der Waals surface area contributed by atoms with Gasteiger partial charge in [-0.25, -0.2) is 4.79 Å². The summed E-state index contributed by atoms with van der Waals surface area (Å²) in [4.78, 5) is 12.2. The molecule has 0 bridgehead atoms. The Morgan fingerprint density at radius 2 is 1.96 bits per heavy atom. The molecule has 0 radical (unpaired) electrons. The number of aromatic nitrogens is 1. The zero-order valence-corrected chi connectivity index (χ0v) is 14.1. The highest BCUT2D eigenvalue weighted by molar-refractivity contribution is 5.89. The highest BCUT2D eigenvalue weighted by Gasteiger charge is 2.42. The maximum Gasteiger partial charge on any atom is 0.319 e. The molecule has 2 aromatic rings. The van der Waals surface area contributed by atoms with Crippen molar-refractivity contribution >= 4 is 11.7 Å². The Labute approximate surface area is 145 Å². The Balaban J connectivity index is 1.40. The van der Waals surface area contributed by atoms with E-state index >= 15 is 0 Å². The Morgan fingerprint density at radius 1 is 1.16 bits per heavy atom. The van der Waals surface area contributed by atoms with E-state index in [2.05, 4.69) is 15.8 Å². The summed E-state index contributed by atoms with van der Waals surface area (Å²) in [5.41, 5.74) is 1.32. The van der Waals surface area contributed by atoms with Gasteiger partial charge in [0.05, 0.1) is 6.04 Å². The number of carbonyl (C=O) groups excluding carboxylic acids is 1. The molecule has 7 nitrogen and oxygen atoms in total. The first kappa shape index (κ1) is 15.8. The SMILES string of the molecule is C[C@H](NC(=O)Nc1ccc2c(c1)OC1(CCCCC1)O2)c1ccon1. The molecule has 132 valence electrons. The van der Waals surface area contributed by atoms with Gasteiger partial charge in [-0.3, -0.25) is 0 Å². The van der Waals surface area contributed by atoms with Crippen LogP contribution in [0, 0.1) is 0 Å². The summed E-state index contributed by atoms with van der Waals surface area (Å²) in [6.07, 6.45) is 6.73. The summed E-state index contributed by atoms with van der Waals surface area (Å²) in [6, 6.07) is 6.61. The molecular formula is C18H21N3O4. The van der Waals surface area contributed by atoms with Crippen molar-refractivity contribution in [3.8, 4) is 11.5 Å². The minimum atomic E-state index is -0.511. The van der Waals surface area contributed by atoms with Gasteiger partial charge < -0.3 is 24.6 Å². The van der Waals surface area contributed by atoms with Crippen LogP contribution in [-0.2, 0) is 0 Å². The second kappa shape index (κ2) is 6.31. The van der Waals surface area contributed by atoms with Gasteiger partial charge in [0, 0.05) is 30.7 Å². The standard InChI is InChI=1S/C18H21N3O4/c1-12(14-7-10-23-21-14)19-17(22)20-13-5-6-15-16(11-13)25-18(24-15)8-3-2-4-9-18/h5-7,10-12H,2-4,8-9H2,1H3,(H2,19,20,22)/t12-/m0/s1. The summed E-state index contributed by atoms with van der Waals surface area (Å²) in [7, 11) is 0. The second-order valence-corrected chi connectivity index (χ2v) is 6.58. The van der Waals surface area contributed by atoms with Gasteiger partial charge in [0.1, 0.15) is 12.0 Å². The molecule has 25 heavy (non-hydrogen) atoms. The molecule has 2 amide bonds. The smallest absolute Gasteiger partial charge is 0.319 e. The van der Waals surface area contributed by atoms with Crippen molar-refractivity contribution in [1.82, 2.24) is 10.5 Å². The summed E-state index contributed by atoms with van der Waals surface area (Å²) < 4.78 is 16.9. The van der Waals surface area contributed by atoms with E-state index in [9.17, 15) is 4.79 Å². The summed E-state index contributed by atoms with van der Waals surface area (Å²) >= 11 is 0. The molecule has 2 heterocycles. The van der Waals surface area contributed by atoms with Gasteiger partial charge in [-0.2, -0.15) is 0 Å². The number of carbonyl (C=O) groups is 1. The van der Waals surface area contributed by atoms with E-state index in [1.165, 1.54) is 12.7 Å². The van der Waals surface area contributed by atoms with Crippen LogP contribution in [0.1, 0.15) is 50.8 Å². The zero-order chi connectivity index (χ0) is 17.3. The second-order valence-electron chi connectivity index (χ2n) is 6.58. The van der Waals surface area contributed by atoms with Crippen LogP contribution >= 0.6 is 0 Å². The van der Waals surface area contributed by atoms with E-state index in [4.69, 9.17) is 14.0 Å². The third-order valence-corrected chi connectivity index (χ3v) is 4.66. The molecular weight excluding hydrogens is 322 g/mol. The molecule has 1 spiro atoms. The largest absolute Gasteiger partial charge is 0.448 e. The molecule has 1 fully saturated rings. The number of rotatable bonds is 3. The van der Waals surface area contributed by atoms with Crippen molar-refractivity contribution in [2.45, 2.75) is 50.9 Å². The monoisotopic (exact) mass is 343 g/mol. The Bertz CT molecular complexity index is 754. The molecule has 1 aromatic carbocycles. The van der Waals surface area contributed by atoms with Gasteiger partial charge in [-0.05, 0) is 31.9 Å². The number of urea groups is 1. The van der Waals surface area contributed by atoms with Crippen molar-refractivity contribution in [2.24, 2.45) is 0 Å². The lowest BCUT2D eigenvalue weighted by molar-refractivity contribution is -0.105. The zero-order valence-electron chi connectivity index (χ0n) is 14.1. The quantitative estimate of drug-likeness (QED) is 0.880.